The summed E-state index contributed by atoms with van der Waals surface area (Å²) in [6.45, 7) is 4.75. The summed E-state index contributed by atoms with van der Waals surface area (Å²) in [7, 11) is 0. The first kappa shape index (κ1) is 14.7. The average Bonchev–Trinajstić information content (AvgIpc) is 2.40. The first-order valence-corrected chi connectivity index (χ1v) is 7.06. The average molecular weight is 287 g/mol. The molecule has 0 saturated carbocycles. The second kappa shape index (κ2) is 6.66. The minimum atomic E-state index is -0.289. The van der Waals surface area contributed by atoms with Crippen LogP contribution in [0.3, 0.4) is 0 Å². The van der Waals surface area contributed by atoms with E-state index in [1.54, 1.807) is 12.1 Å². The van der Waals surface area contributed by atoms with Crippen LogP contribution in [0.5, 0.6) is 0 Å². The normalized spacial score (nSPS) is 24.6. The molecule has 1 aliphatic heterocycles. The summed E-state index contributed by atoms with van der Waals surface area (Å²) in [5.41, 5.74) is 6.28. The number of morpholine rings is 1. The maximum atomic E-state index is 14.2. The van der Waals surface area contributed by atoms with Crippen molar-refractivity contribution < 1.29 is 9.13 Å². The lowest BCUT2D eigenvalue weighted by molar-refractivity contribution is -0.0686. The van der Waals surface area contributed by atoms with Gasteiger partial charge < -0.3 is 10.5 Å². The SMILES string of the molecule is CCCN1CCOC(CN)C1c1c(F)cccc1Cl. The second-order valence-electron chi connectivity index (χ2n) is 4.76. The molecule has 1 aromatic carbocycles. The van der Waals surface area contributed by atoms with Gasteiger partial charge >= 0.3 is 0 Å². The molecule has 0 aliphatic carbocycles. The minimum absolute atomic E-state index is 0.201. The van der Waals surface area contributed by atoms with Gasteiger partial charge in [0, 0.05) is 23.7 Å². The molecular weight excluding hydrogens is 267 g/mol. The molecule has 0 aromatic heterocycles. The van der Waals surface area contributed by atoms with E-state index in [1.807, 2.05) is 0 Å². The van der Waals surface area contributed by atoms with E-state index < -0.39 is 0 Å². The van der Waals surface area contributed by atoms with Crippen molar-refractivity contribution in [1.82, 2.24) is 4.90 Å². The fourth-order valence-electron chi connectivity index (χ4n) is 2.68. The minimum Gasteiger partial charge on any atom is -0.374 e. The maximum Gasteiger partial charge on any atom is 0.129 e. The molecule has 2 unspecified atom stereocenters. The fraction of sp³-hybridized carbons (Fsp3) is 0.571. The zero-order valence-electron chi connectivity index (χ0n) is 11.1. The molecule has 1 fully saturated rings. The summed E-state index contributed by atoms with van der Waals surface area (Å²) in [4.78, 5) is 2.21. The van der Waals surface area contributed by atoms with Gasteiger partial charge in [0.05, 0.1) is 18.8 Å². The summed E-state index contributed by atoms with van der Waals surface area (Å²) < 4.78 is 19.8. The Morgan fingerprint density at radius 1 is 1.53 bits per heavy atom. The van der Waals surface area contributed by atoms with E-state index in [1.165, 1.54) is 6.07 Å². The van der Waals surface area contributed by atoms with E-state index in [0.29, 0.717) is 23.7 Å². The number of rotatable bonds is 4. The van der Waals surface area contributed by atoms with E-state index in [4.69, 9.17) is 22.1 Å². The van der Waals surface area contributed by atoms with Crippen LogP contribution in [0.25, 0.3) is 0 Å². The smallest absolute Gasteiger partial charge is 0.129 e. The highest BCUT2D eigenvalue weighted by Crippen LogP contribution is 2.35. The monoisotopic (exact) mass is 286 g/mol. The summed E-state index contributed by atoms with van der Waals surface area (Å²) in [6.07, 6.45) is 0.787. The summed E-state index contributed by atoms with van der Waals surface area (Å²) in [5.74, 6) is -0.289. The van der Waals surface area contributed by atoms with Gasteiger partial charge in [-0.3, -0.25) is 4.90 Å². The van der Waals surface area contributed by atoms with Gasteiger partial charge in [-0.05, 0) is 25.1 Å². The van der Waals surface area contributed by atoms with Gasteiger partial charge in [-0.15, -0.1) is 0 Å². The molecule has 1 saturated heterocycles. The van der Waals surface area contributed by atoms with Crippen molar-refractivity contribution in [3.63, 3.8) is 0 Å². The molecule has 106 valence electrons. The van der Waals surface area contributed by atoms with Gasteiger partial charge in [0.1, 0.15) is 5.82 Å². The molecule has 19 heavy (non-hydrogen) atoms. The summed E-state index contributed by atoms with van der Waals surface area (Å²) in [6, 6.07) is 4.57. The Bertz CT molecular complexity index is 408. The Kier molecular flexibility index (Phi) is 5.16. The van der Waals surface area contributed by atoms with E-state index in [2.05, 4.69) is 11.8 Å². The molecule has 3 nitrogen and oxygen atoms in total. The van der Waals surface area contributed by atoms with Gasteiger partial charge in [-0.2, -0.15) is 0 Å². The van der Waals surface area contributed by atoms with Crippen LogP contribution >= 0.6 is 11.6 Å². The molecule has 2 N–H and O–H groups in total. The Morgan fingerprint density at radius 2 is 2.32 bits per heavy atom. The van der Waals surface area contributed by atoms with Crippen LogP contribution in [-0.4, -0.2) is 37.2 Å². The fourth-order valence-corrected chi connectivity index (χ4v) is 2.96. The highest BCUT2D eigenvalue weighted by atomic mass is 35.5. The molecule has 2 atom stereocenters. The highest BCUT2D eigenvalue weighted by molar-refractivity contribution is 6.31. The van der Waals surface area contributed by atoms with Crippen LogP contribution in [0.4, 0.5) is 4.39 Å². The van der Waals surface area contributed by atoms with Crippen molar-refractivity contribution >= 4 is 11.6 Å². The molecule has 0 amide bonds. The molecule has 2 rings (SSSR count). The topological polar surface area (TPSA) is 38.5 Å². The zero-order chi connectivity index (χ0) is 13.8. The number of nitrogens with two attached hydrogens (primary N) is 1. The Balaban J connectivity index is 2.39. The Hall–Kier alpha value is -0.680. The molecular formula is C14H20ClFN2O. The number of benzene rings is 1. The van der Waals surface area contributed by atoms with Crippen LogP contribution < -0.4 is 5.73 Å². The third kappa shape index (κ3) is 3.08. The van der Waals surface area contributed by atoms with Crippen molar-refractivity contribution in [2.45, 2.75) is 25.5 Å². The summed E-state index contributed by atoms with van der Waals surface area (Å²) >= 11 is 6.19. The highest BCUT2D eigenvalue weighted by Gasteiger charge is 2.35. The van der Waals surface area contributed by atoms with Gasteiger partial charge in [0.25, 0.3) is 0 Å². The molecule has 0 radical (unpaired) electrons. The van der Waals surface area contributed by atoms with Crippen LogP contribution in [0.2, 0.25) is 5.02 Å². The van der Waals surface area contributed by atoms with Crippen LogP contribution in [0.1, 0.15) is 24.9 Å². The number of ether oxygens (including phenoxy) is 1. The number of hydrogen-bond donors (Lipinski definition) is 1. The van der Waals surface area contributed by atoms with Gasteiger partial charge in [0.15, 0.2) is 0 Å². The van der Waals surface area contributed by atoms with Crippen LogP contribution in [-0.2, 0) is 4.74 Å². The second-order valence-corrected chi connectivity index (χ2v) is 5.17. The Morgan fingerprint density at radius 3 is 2.95 bits per heavy atom. The van der Waals surface area contributed by atoms with Crippen molar-refractivity contribution in [2.24, 2.45) is 5.73 Å². The van der Waals surface area contributed by atoms with Crippen molar-refractivity contribution in [3.05, 3.63) is 34.6 Å². The molecule has 0 bridgehead atoms. The quantitative estimate of drug-likeness (QED) is 0.925. The lowest BCUT2D eigenvalue weighted by atomic mass is 9.97. The zero-order valence-corrected chi connectivity index (χ0v) is 11.9. The molecule has 1 heterocycles. The van der Waals surface area contributed by atoms with E-state index in [0.717, 1.165) is 19.5 Å². The lowest BCUT2D eigenvalue weighted by Crippen LogP contribution is -2.48. The molecule has 1 aromatic rings. The van der Waals surface area contributed by atoms with Crippen molar-refractivity contribution in [3.8, 4) is 0 Å². The van der Waals surface area contributed by atoms with E-state index >= 15 is 0 Å². The van der Waals surface area contributed by atoms with Crippen molar-refractivity contribution in [1.29, 1.82) is 0 Å². The predicted octanol–water partition coefficient (Wildman–Crippen LogP) is 2.59. The third-order valence-electron chi connectivity index (χ3n) is 3.49. The molecule has 5 heteroatoms. The first-order chi connectivity index (χ1) is 9.19. The summed E-state index contributed by atoms with van der Waals surface area (Å²) in [5, 5.41) is 0.440. The van der Waals surface area contributed by atoms with Gasteiger partial charge in [-0.1, -0.05) is 24.6 Å². The molecule has 1 aliphatic rings. The number of halogens is 2. The predicted molar refractivity (Wildman–Crippen MR) is 74.8 cm³/mol. The Labute approximate surface area is 118 Å². The van der Waals surface area contributed by atoms with Crippen LogP contribution in [0, 0.1) is 5.82 Å². The first-order valence-electron chi connectivity index (χ1n) is 6.68. The third-order valence-corrected chi connectivity index (χ3v) is 3.82. The number of nitrogens with zero attached hydrogens (tertiary/aromatic N) is 1. The van der Waals surface area contributed by atoms with Gasteiger partial charge in [-0.25, -0.2) is 4.39 Å². The molecule has 0 spiro atoms. The maximum absolute atomic E-state index is 14.2. The van der Waals surface area contributed by atoms with E-state index in [-0.39, 0.29) is 18.0 Å². The number of hydrogen-bond acceptors (Lipinski definition) is 3. The van der Waals surface area contributed by atoms with Gasteiger partial charge in [0.2, 0.25) is 0 Å². The lowest BCUT2D eigenvalue weighted by Gasteiger charge is -2.41. The standard InChI is InChI=1S/C14H20ClFN2O/c1-2-6-18-7-8-19-12(9-17)14(18)13-10(15)4-3-5-11(13)16/h3-5,12,14H,2,6-9,17H2,1H3. The van der Waals surface area contributed by atoms with Crippen LogP contribution in [0.15, 0.2) is 18.2 Å². The van der Waals surface area contributed by atoms with Crippen molar-refractivity contribution in [2.75, 3.05) is 26.2 Å². The van der Waals surface area contributed by atoms with E-state index in [9.17, 15) is 4.39 Å². The largest absolute Gasteiger partial charge is 0.374 e.